The SMILES string of the molecule is CCCCNC(=O)[C@H](C#N)c1nc2ccccc2nc1N1CCC[C@@H](C(=O)OCC)C1. The maximum absolute atomic E-state index is 12.8. The number of hydrogen-bond acceptors (Lipinski definition) is 7. The number of ether oxygens (including phenoxy) is 1. The van der Waals surface area contributed by atoms with Crippen LogP contribution in [0.3, 0.4) is 0 Å². The topological polar surface area (TPSA) is 108 Å². The number of esters is 1. The van der Waals surface area contributed by atoms with E-state index in [1.165, 1.54) is 0 Å². The van der Waals surface area contributed by atoms with Gasteiger partial charge < -0.3 is 15.0 Å². The first-order valence-corrected chi connectivity index (χ1v) is 10.9. The van der Waals surface area contributed by atoms with Gasteiger partial charge in [-0.25, -0.2) is 9.97 Å². The molecule has 0 unspecified atom stereocenters. The van der Waals surface area contributed by atoms with Crippen LogP contribution in [0.5, 0.6) is 0 Å². The van der Waals surface area contributed by atoms with Crippen molar-refractivity contribution in [2.45, 2.75) is 45.4 Å². The summed E-state index contributed by atoms with van der Waals surface area (Å²) in [5.74, 6) is -1.46. The molecule has 0 bridgehead atoms. The quantitative estimate of drug-likeness (QED) is 0.514. The summed E-state index contributed by atoms with van der Waals surface area (Å²) in [4.78, 5) is 36.5. The molecule has 1 N–H and O–H groups in total. The number of hydrogen-bond donors (Lipinski definition) is 1. The normalized spacial score (nSPS) is 17.1. The number of amides is 1. The van der Waals surface area contributed by atoms with Crippen LogP contribution in [-0.4, -0.2) is 48.1 Å². The number of unbranched alkanes of at least 4 members (excludes halogenated alkanes) is 1. The van der Waals surface area contributed by atoms with Crippen molar-refractivity contribution >= 4 is 28.7 Å². The highest BCUT2D eigenvalue weighted by Crippen LogP contribution is 2.30. The minimum absolute atomic E-state index is 0.225. The molecule has 8 heteroatoms. The fourth-order valence-corrected chi connectivity index (χ4v) is 3.79. The Bertz CT molecular complexity index is 971. The molecule has 31 heavy (non-hydrogen) atoms. The maximum Gasteiger partial charge on any atom is 0.310 e. The first-order chi connectivity index (χ1) is 15.1. The molecule has 2 aromatic rings. The van der Waals surface area contributed by atoms with Crippen molar-refractivity contribution < 1.29 is 14.3 Å². The van der Waals surface area contributed by atoms with E-state index in [0.29, 0.717) is 48.8 Å². The molecule has 8 nitrogen and oxygen atoms in total. The van der Waals surface area contributed by atoms with Gasteiger partial charge in [-0.1, -0.05) is 25.5 Å². The molecule has 0 aliphatic carbocycles. The second-order valence-corrected chi connectivity index (χ2v) is 7.67. The Morgan fingerprint density at radius 1 is 1.29 bits per heavy atom. The van der Waals surface area contributed by atoms with E-state index >= 15 is 0 Å². The van der Waals surface area contributed by atoms with Crippen LogP contribution in [0, 0.1) is 17.2 Å². The Labute approximate surface area is 182 Å². The number of aromatic nitrogens is 2. The molecule has 1 saturated heterocycles. The summed E-state index contributed by atoms with van der Waals surface area (Å²) in [6, 6.07) is 9.50. The Kier molecular flexibility index (Phi) is 7.76. The van der Waals surface area contributed by atoms with E-state index in [1.54, 1.807) is 6.92 Å². The molecule has 2 atom stereocenters. The van der Waals surface area contributed by atoms with Crippen molar-refractivity contribution in [2.75, 3.05) is 31.1 Å². The molecule has 1 amide bonds. The molecule has 0 saturated carbocycles. The maximum atomic E-state index is 12.8. The molecule has 1 aromatic carbocycles. The van der Waals surface area contributed by atoms with Gasteiger partial charge in [0.15, 0.2) is 11.7 Å². The number of nitrogens with one attached hydrogen (secondary N) is 1. The lowest BCUT2D eigenvalue weighted by atomic mass is 9.97. The summed E-state index contributed by atoms with van der Waals surface area (Å²) < 4.78 is 5.21. The Morgan fingerprint density at radius 3 is 2.71 bits per heavy atom. The molecule has 164 valence electrons. The Balaban J connectivity index is 1.98. The molecule has 0 spiro atoms. The van der Waals surface area contributed by atoms with Crippen molar-refractivity contribution in [1.29, 1.82) is 5.26 Å². The van der Waals surface area contributed by atoms with Gasteiger partial charge in [-0.05, 0) is 38.3 Å². The highest BCUT2D eigenvalue weighted by Gasteiger charge is 2.33. The van der Waals surface area contributed by atoms with Crippen molar-refractivity contribution in [3.05, 3.63) is 30.0 Å². The van der Waals surface area contributed by atoms with Gasteiger partial charge in [-0.3, -0.25) is 9.59 Å². The summed E-state index contributed by atoms with van der Waals surface area (Å²) in [6.45, 7) is 5.78. The summed E-state index contributed by atoms with van der Waals surface area (Å²) in [5.41, 5.74) is 1.64. The lowest BCUT2D eigenvalue weighted by Gasteiger charge is -2.33. The third-order valence-electron chi connectivity index (χ3n) is 5.41. The van der Waals surface area contributed by atoms with E-state index in [0.717, 1.165) is 25.7 Å². The monoisotopic (exact) mass is 423 g/mol. The second kappa shape index (κ2) is 10.7. The molecule has 0 radical (unpaired) electrons. The van der Waals surface area contributed by atoms with Crippen LogP contribution in [0.1, 0.15) is 51.1 Å². The van der Waals surface area contributed by atoms with E-state index in [4.69, 9.17) is 9.72 Å². The van der Waals surface area contributed by atoms with E-state index in [-0.39, 0.29) is 17.8 Å². The predicted octanol–water partition coefficient (Wildman–Crippen LogP) is 2.93. The average molecular weight is 424 g/mol. The number of fused-ring (bicyclic) bond motifs is 1. The fourth-order valence-electron chi connectivity index (χ4n) is 3.79. The van der Waals surface area contributed by atoms with Gasteiger partial charge in [-0.15, -0.1) is 0 Å². The number of para-hydroxylation sites is 2. The van der Waals surface area contributed by atoms with Crippen LogP contribution in [0.25, 0.3) is 11.0 Å². The van der Waals surface area contributed by atoms with E-state index in [1.807, 2.05) is 36.1 Å². The van der Waals surface area contributed by atoms with Crippen LogP contribution in [0.15, 0.2) is 24.3 Å². The zero-order chi connectivity index (χ0) is 22.2. The summed E-state index contributed by atoms with van der Waals surface area (Å²) in [6.07, 6.45) is 3.32. The van der Waals surface area contributed by atoms with E-state index in [2.05, 4.69) is 16.4 Å². The predicted molar refractivity (Wildman–Crippen MR) is 117 cm³/mol. The largest absolute Gasteiger partial charge is 0.466 e. The van der Waals surface area contributed by atoms with E-state index < -0.39 is 5.92 Å². The highest BCUT2D eigenvalue weighted by molar-refractivity contribution is 5.89. The van der Waals surface area contributed by atoms with Crippen LogP contribution in [0.2, 0.25) is 0 Å². The summed E-state index contributed by atoms with van der Waals surface area (Å²) in [5, 5.41) is 12.7. The average Bonchev–Trinajstić information content (AvgIpc) is 2.79. The number of benzene rings is 1. The molecule has 1 aromatic heterocycles. The van der Waals surface area contributed by atoms with Crippen molar-refractivity contribution in [3.63, 3.8) is 0 Å². The number of nitriles is 1. The van der Waals surface area contributed by atoms with Gasteiger partial charge in [0.05, 0.1) is 29.6 Å². The highest BCUT2D eigenvalue weighted by atomic mass is 16.5. The van der Waals surface area contributed by atoms with Crippen molar-refractivity contribution in [1.82, 2.24) is 15.3 Å². The standard InChI is InChI=1S/C23H29N5O3/c1-3-5-12-25-22(29)17(14-24)20-21(27-19-11-7-6-10-18(19)26-20)28-13-8-9-16(15-28)23(30)31-4-2/h6-7,10-11,16-17H,3-5,8-9,12-13,15H2,1-2H3,(H,25,29)/t16-,17-/m1/s1. The van der Waals surface area contributed by atoms with Crippen LogP contribution in [0.4, 0.5) is 5.82 Å². The molecular weight excluding hydrogens is 394 g/mol. The number of nitrogens with zero attached hydrogens (tertiary/aromatic N) is 4. The lowest BCUT2D eigenvalue weighted by Crippen LogP contribution is -2.41. The Morgan fingerprint density at radius 2 is 2.03 bits per heavy atom. The van der Waals surface area contributed by atoms with Gasteiger partial charge >= 0.3 is 5.97 Å². The number of carbonyl (C=O) groups excluding carboxylic acids is 2. The molecule has 1 fully saturated rings. The van der Waals surface area contributed by atoms with Gasteiger partial charge in [-0.2, -0.15) is 5.26 Å². The molecule has 3 rings (SSSR count). The number of piperidine rings is 1. The van der Waals surface area contributed by atoms with Gasteiger partial charge in [0, 0.05) is 19.6 Å². The van der Waals surface area contributed by atoms with Crippen molar-refractivity contribution in [3.8, 4) is 6.07 Å². The fraction of sp³-hybridized carbons (Fsp3) is 0.522. The first kappa shape index (κ1) is 22.5. The van der Waals surface area contributed by atoms with Gasteiger partial charge in [0.25, 0.3) is 0 Å². The first-order valence-electron chi connectivity index (χ1n) is 10.9. The molecule has 1 aliphatic heterocycles. The molecule has 2 heterocycles. The Hall–Kier alpha value is -3.21. The molecule has 1 aliphatic rings. The van der Waals surface area contributed by atoms with Gasteiger partial charge in [0.2, 0.25) is 5.91 Å². The zero-order valence-corrected chi connectivity index (χ0v) is 18.1. The number of carbonyl (C=O) groups is 2. The second-order valence-electron chi connectivity index (χ2n) is 7.67. The minimum atomic E-state index is -1.08. The van der Waals surface area contributed by atoms with Crippen LogP contribution < -0.4 is 10.2 Å². The smallest absolute Gasteiger partial charge is 0.310 e. The summed E-state index contributed by atoms with van der Waals surface area (Å²) >= 11 is 0. The molecular formula is C23H29N5O3. The number of anilines is 1. The lowest BCUT2D eigenvalue weighted by molar-refractivity contribution is -0.148. The van der Waals surface area contributed by atoms with Crippen LogP contribution in [-0.2, 0) is 14.3 Å². The van der Waals surface area contributed by atoms with Gasteiger partial charge in [0.1, 0.15) is 5.69 Å². The number of rotatable bonds is 8. The third kappa shape index (κ3) is 5.29. The third-order valence-corrected chi connectivity index (χ3v) is 5.41. The van der Waals surface area contributed by atoms with Crippen molar-refractivity contribution in [2.24, 2.45) is 5.92 Å². The van der Waals surface area contributed by atoms with Crippen LogP contribution >= 0.6 is 0 Å². The minimum Gasteiger partial charge on any atom is -0.466 e. The zero-order valence-electron chi connectivity index (χ0n) is 18.1. The van der Waals surface area contributed by atoms with E-state index in [9.17, 15) is 14.9 Å². The summed E-state index contributed by atoms with van der Waals surface area (Å²) in [7, 11) is 0.